The van der Waals surface area contributed by atoms with E-state index in [1.807, 2.05) is 6.92 Å². The topological polar surface area (TPSA) is 180 Å². The molecule has 0 fully saturated rings. The van der Waals surface area contributed by atoms with Crippen molar-refractivity contribution in [2.24, 2.45) is 0 Å². The van der Waals surface area contributed by atoms with Gasteiger partial charge in [0.1, 0.15) is 10.7 Å². The molecular formula is C18H23N5O8S. The standard InChI is InChI=1S/C18H23N5O8S/c1-3-4-7-22-15(19)14(16(25)20-18(22)27)21(8-9-30-2)12(24)10-31-17(26)11-5-6-13(32-11)23(28)29/h5-6H,3-4,7-10,19H2,1-2H3,(H,20,25,27). The summed E-state index contributed by atoms with van der Waals surface area (Å²) in [6, 6.07) is 2.36. The van der Waals surface area contributed by atoms with Crippen LogP contribution in [0.25, 0.3) is 0 Å². The van der Waals surface area contributed by atoms with E-state index in [0.717, 1.165) is 22.0 Å². The van der Waals surface area contributed by atoms with E-state index < -0.39 is 34.7 Å². The van der Waals surface area contributed by atoms with Gasteiger partial charge in [-0.1, -0.05) is 24.7 Å². The van der Waals surface area contributed by atoms with Crippen molar-refractivity contribution >= 4 is 39.7 Å². The fourth-order valence-electron chi connectivity index (χ4n) is 2.73. The maximum atomic E-state index is 12.8. The Bertz CT molecular complexity index is 1110. The molecule has 0 aliphatic carbocycles. The number of nitrogens with one attached hydrogen (secondary N) is 1. The van der Waals surface area contributed by atoms with Crippen LogP contribution in [0, 0.1) is 10.1 Å². The van der Waals surface area contributed by atoms with Crippen molar-refractivity contribution in [2.75, 3.05) is 37.5 Å². The molecule has 0 bridgehead atoms. The van der Waals surface area contributed by atoms with E-state index in [9.17, 15) is 29.3 Å². The molecule has 0 aliphatic rings. The van der Waals surface area contributed by atoms with Gasteiger partial charge in [-0.25, -0.2) is 9.59 Å². The van der Waals surface area contributed by atoms with Crippen LogP contribution in [0.15, 0.2) is 21.7 Å². The third kappa shape index (κ3) is 5.79. The molecule has 32 heavy (non-hydrogen) atoms. The molecule has 2 aromatic heterocycles. The highest BCUT2D eigenvalue weighted by Crippen LogP contribution is 2.24. The Kier molecular flexibility index (Phi) is 8.66. The van der Waals surface area contributed by atoms with Crippen LogP contribution in [0.4, 0.5) is 16.5 Å². The first-order chi connectivity index (χ1) is 15.2. The van der Waals surface area contributed by atoms with Gasteiger partial charge in [-0.05, 0) is 12.5 Å². The Hall–Kier alpha value is -3.52. The quantitative estimate of drug-likeness (QED) is 0.272. The van der Waals surface area contributed by atoms with Crippen LogP contribution in [-0.4, -0.2) is 53.2 Å². The number of aromatic amines is 1. The number of rotatable bonds is 11. The highest BCUT2D eigenvalue weighted by atomic mass is 32.1. The number of unbranched alkanes of at least 4 members (excludes halogenated alkanes) is 1. The van der Waals surface area contributed by atoms with Gasteiger partial charge in [0.05, 0.1) is 11.5 Å². The summed E-state index contributed by atoms with van der Waals surface area (Å²) in [5.41, 5.74) is 4.22. The maximum absolute atomic E-state index is 12.8. The Morgan fingerprint density at radius 2 is 2.06 bits per heavy atom. The molecule has 2 aromatic rings. The van der Waals surface area contributed by atoms with Gasteiger partial charge in [0.2, 0.25) is 0 Å². The third-order valence-electron chi connectivity index (χ3n) is 4.34. The summed E-state index contributed by atoms with van der Waals surface area (Å²) >= 11 is 0.604. The second-order valence-electron chi connectivity index (χ2n) is 6.51. The molecule has 0 spiro atoms. The number of nitrogens with zero attached hydrogens (tertiary/aromatic N) is 3. The van der Waals surface area contributed by atoms with Crippen LogP contribution in [0.5, 0.6) is 0 Å². The van der Waals surface area contributed by atoms with E-state index in [1.165, 1.54) is 13.2 Å². The van der Waals surface area contributed by atoms with Gasteiger partial charge < -0.3 is 15.2 Å². The largest absolute Gasteiger partial charge is 0.451 e. The van der Waals surface area contributed by atoms with Gasteiger partial charge in [0.15, 0.2) is 12.3 Å². The first-order valence-electron chi connectivity index (χ1n) is 9.54. The predicted octanol–water partition coefficient (Wildman–Crippen LogP) is 0.725. The van der Waals surface area contributed by atoms with Gasteiger partial charge >= 0.3 is 16.7 Å². The van der Waals surface area contributed by atoms with Gasteiger partial charge in [-0.15, -0.1) is 0 Å². The second-order valence-corrected chi connectivity index (χ2v) is 7.57. The van der Waals surface area contributed by atoms with E-state index in [2.05, 4.69) is 4.98 Å². The lowest BCUT2D eigenvalue weighted by atomic mass is 10.3. The lowest BCUT2D eigenvalue weighted by Gasteiger charge is -2.24. The molecule has 174 valence electrons. The SMILES string of the molecule is CCCCn1c(N)c(N(CCOC)C(=O)COC(=O)c2ccc([N+](=O)[O-])s2)c(=O)[nH]c1=O. The second kappa shape index (κ2) is 11.2. The fraction of sp³-hybridized carbons (Fsp3) is 0.444. The van der Waals surface area contributed by atoms with Gasteiger partial charge in [0.25, 0.3) is 11.5 Å². The summed E-state index contributed by atoms with van der Waals surface area (Å²) in [6.07, 6.45) is 1.38. The molecule has 0 aliphatic heterocycles. The summed E-state index contributed by atoms with van der Waals surface area (Å²) in [6.45, 7) is 1.32. The molecule has 2 heterocycles. The highest BCUT2D eigenvalue weighted by molar-refractivity contribution is 7.17. The number of thiophene rings is 1. The van der Waals surface area contributed by atoms with Crippen molar-refractivity contribution in [3.05, 3.63) is 48.0 Å². The molecule has 2 rings (SSSR count). The molecule has 3 N–H and O–H groups in total. The Morgan fingerprint density at radius 3 is 2.66 bits per heavy atom. The first kappa shape index (κ1) is 24.7. The maximum Gasteiger partial charge on any atom is 0.349 e. The molecule has 0 atom stereocenters. The summed E-state index contributed by atoms with van der Waals surface area (Å²) in [4.78, 5) is 62.7. The number of carbonyl (C=O) groups is 2. The zero-order valence-corrected chi connectivity index (χ0v) is 18.3. The zero-order chi connectivity index (χ0) is 23.8. The number of H-pyrrole nitrogens is 1. The van der Waals surface area contributed by atoms with Crippen LogP contribution in [0.3, 0.4) is 0 Å². The lowest BCUT2D eigenvalue weighted by molar-refractivity contribution is -0.380. The fourth-order valence-corrected chi connectivity index (χ4v) is 3.45. The highest BCUT2D eigenvalue weighted by Gasteiger charge is 2.26. The molecule has 13 nitrogen and oxygen atoms in total. The van der Waals surface area contributed by atoms with Crippen LogP contribution in [0.1, 0.15) is 29.4 Å². The van der Waals surface area contributed by atoms with Crippen molar-refractivity contribution in [2.45, 2.75) is 26.3 Å². The number of nitro groups is 1. The summed E-state index contributed by atoms with van der Waals surface area (Å²) < 4.78 is 11.1. The smallest absolute Gasteiger partial charge is 0.349 e. The number of amides is 1. The molecule has 0 saturated carbocycles. The normalized spacial score (nSPS) is 10.7. The summed E-state index contributed by atoms with van der Waals surface area (Å²) in [7, 11) is 1.39. The average Bonchev–Trinajstić information content (AvgIpc) is 3.24. The minimum absolute atomic E-state index is 0.0315. The summed E-state index contributed by atoms with van der Waals surface area (Å²) in [5, 5.41) is 10.5. The number of hydrogen-bond donors (Lipinski definition) is 2. The molecular weight excluding hydrogens is 446 g/mol. The number of esters is 1. The van der Waals surface area contributed by atoms with Gasteiger partial charge in [0, 0.05) is 26.3 Å². The third-order valence-corrected chi connectivity index (χ3v) is 5.36. The van der Waals surface area contributed by atoms with Gasteiger partial charge in [-0.2, -0.15) is 0 Å². The number of carbonyl (C=O) groups excluding carboxylic acids is 2. The van der Waals surface area contributed by atoms with E-state index >= 15 is 0 Å². The van der Waals surface area contributed by atoms with E-state index in [1.54, 1.807) is 0 Å². The van der Waals surface area contributed by atoms with E-state index in [-0.39, 0.29) is 41.1 Å². The molecule has 14 heteroatoms. The van der Waals surface area contributed by atoms with Gasteiger partial charge in [-0.3, -0.25) is 34.2 Å². The minimum atomic E-state index is -0.932. The van der Waals surface area contributed by atoms with Crippen LogP contribution < -0.4 is 21.9 Å². The molecule has 0 aromatic carbocycles. The minimum Gasteiger partial charge on any atom is -0.451 e. The van der Waals surface area contributed by atoms with Crippen molar-refractivity contribution in [1.29, 1.82) is 0 Å². The number of aromatic nitrogens is 2. The number of methoxy groups -OCH3 is 1. The predicted molar refractivity (Wildman–Crippen MR) is 116 cm³/mol. The Labute approximate surface area is 185 Å². The summed E-state index contributed by atoms with van der Waals surface area (Å²) in [5.74, 6) is -1.92. The molecule has 0 saturated heterocycles. The van der Waals surface area contributed by atoms with E-state index in [0.29, 0.717) is 17.8 Å². The molecule has 1 amide bonds. The van der Waals surface area contributed by atoms with Crippen molar-refractivity contribution in [3.63, 3.8) is 0 Å². The number of ether oxygens (including phenoxy) is 2. The monoisotopic (exact) mass is 469 g/mol. The van der Waals surface area contributed by atoms with Crippen LogP contribution >= 0.6 is 11.3 Å². The van der Waals surface area contributed by atoms with Crippen molar-refractivity contribution in [1.82, 2.24) is 9.55 Å². The number of nitrogen functional groups attached to an aromatic ring is 1. The Balaban J connectivity index is 2.28. The van der Waals surface area contributed by atoms with Crippen molar-refractivity contribution in [3.8, 4) is 0 Å². The van der Waals surface area contributed by atoms with Crippen LogP contribution in [0.2, 0.25) is 0 Å². The Morgan fingerprint density at radius 1 is 1.34 bits per heavy atom. The number of nitrogens with two attached hydrogens (primary N) is 1. The lowest BCUT2D eigenvalue weighted by Crippen LogP contribution is -2.44. The van der Waals surface area contributed by atoms with E-state index in [4.69, 9.17) is 15.2 Å². The first-order valence-corrected chi connectivity index (χ1v) is 10.4. The number of anilines is 2. The van der Waals surface area contributed by atoms with Crippen LogP contribution in [-0.2, 0) is 20.8 Å². The molecule has 0 radical (unpaired) electrons. The number of hydrogen-bond acceptors (Lipinski definition) is 10. The molecule has 0 unspecified atom stereocenters. The zero-order valence-electron chi connectivity index (χ0n) is 17.5. The average molecular weight is 469 g/mol. The van der Waals surface area contributed by atoms with Crippen molar-refractivity contribution < 1.29 is 24.0 Å².